The number of rotatable bonds is 5. The number of nitrogens with zero attached hydrogens (tertiary/aromatic N) is 2. The van der Waals surface area contributed by atoms with Gasteiger partial charge < -0.3 is 10.1 Å². The van der Waals surface area contributed by atoms with Gasteiger partial charge in [-0.05, 0) is 55.5 Å². The molecule has 0 spiro atoms. The second-order valence-electron chi connectivity index (χ2n) is 8.24. The van der Waals surface area contributed by atoms with Gasteiger partial charge in [-0.15, -0.1) is 0 Å². The van der Waals surface area contributed by atoms with E-state index >= 15 is 0 Å². The van der Waals surface area contributed by atoms with Crippen molar-refractivity contribution in [1.82, 2.24) is 15.2 Å². The Hall–Kier alpha value is -2.51. The Morgan fingerprint density at radius 3 is 2.60 bits per heavy atom. The van der Waals surface area contributed by atoms with E-state index in [0.717, 1.165) is 24.1 Å². The summed E-state index contributed by atoms with van der Waals surface area (Å²) in [5, 5.41) is 3.55. The van der Waals surface area contributed by atoms with Crippen molar-refractivity contribution >= 4 is 27.5 Å². The van der Waals surface area contributed by atoms with E-state index in [0.29, 0.717) is 34.6 Å². The molecule has 7 heteroatoms. The Morgan fingerprint density at radius 1 is 1.20 bits per heavy atom. The number of aromatic nitrogens is 1. The van der Waals surface area contributed by atoms with Crippen molar-refractivity contribution in [2.45, 2.75) is 57.3 Å². The van der Waals surface area contributed by atoms with Crippen LogP contribution in [0.3, 0.4) is 0 Å². The number of benzene rings is 2. The summed E-state index contributed by atoms with van der Waals surface area (Å²) in [4.78, 5) is 18.2. The van der Waals surface area contributed by atoms with E-state index in [9.17, 15) is 9.18 Å². The molecule has 156 valence electrons. The van der Waals surface area contributed by atoms with E-state index in [-0.39, 0.29) is 11.7 Å². The molecule has 2 aliphatic heterocycles. The van der Waals surface area contributed by atoms with Crippen LogP contribution < -0.4 is 10.1 Å². The molecule has 0 aliphatic carbocycles. The molecule has 2 aliphatic rings. The number of carbonyl (C=O) groups is 1. The van der Waals surface area contributed by atoms with Crippen molar-refractivity contribution in [3.63, 3.8) is 0 Å². The van der Waals surface area contributed by atoms with E-state index in [4.69, 9.17) is 4.74 Å². The number of thiazole rings is 1. The summed E-state index contributed by atoms with van der Waals surface area (Å²) in [6.07, 6.45) is 4.48. The molecular formula is C23H24FN3O2S. The lowest BCUT2D eigenvalue weighted by molar-refractivity contribution is -0.120. The molecular weight excluding hydrogens is 401 g/mol. The number of halogens is 1. The van der Waals surface area contributed by atoms with Gasteiger partial charge in [-0.3, -0.25) is 9.69 Å². The van der Waals surface area contributed by atoms with Gasteiger partial charge in [-0.25, -0.2) is 4.39 Å². The highest BCUT2D eigenvalue weighted by molar-refractivity contribution is 7.20. The highest BCUT2D eigenvalue weighted by atomic mass is 32.1. The minimum Gasteiger partial charge on any atom is -0.431 e. The number of para-hydroxylation sites is 1. The monoisotopic (exact) mass is 425 g/mol. The van der Waals surface area contributed by atoms with Crippen molar-refractivity contribution in [1.29, 1.82) is 0 Å². The number of hydrogen-bond acceptors (Lipinski definition) is 5. The SMILES string of the molecule is CC(=O)NC1C[C@H]2CC[C@@H](C1)N2Cc1ccc(Oc2nc3c(F)cccc3s2)cc1. The second-order valence-corrected chi connectivity index (χ2v) is 9.23. The lowest BCUT2D eigenvalue weighted by atomic mass is 9.96. The summed E-state index contributed by atoms with van der Waals surface area (Å²) < 4.78 is 20.5. The molecule has 5 rings (SSSR count). The van der Waals surface area contributed by atoms with Crippen molar-refractivity contribution in [3.8, 4) is 10.9 Å². The molecule has 2 fully saturated rings. The first-order valence-corrected chi connectivity index (χ1v) is 11.2. The van der Waals surface area contributed by atoms with E-state index in [1.54, 1.807) is 13.0 Å². The number of piperidine rings is 1. The van der Waals surface area contributed by atoms with Crippen LogP contribution in [-0.2, 0) is 11.3 Å². The van der Waals surface area contributed by atoms with Crippen LogP contribution in [-0.4, -0.2) is 33.9 Å². The zero-order valence-electron chi connectivity index (χ0n) is 16.8. The molecule has 1 amide bonds. The van der Waals surface area contributed by atoms with Crippen molar-refractivity contribution < 1.29 is 13.9 Å². The van der Waals surface area contributed by atoms with Gasteiger partial charge in [0.05, 0.1) is 4.70 Å². The fourth-order valence-corrected chi connectivity index (χ4v) is 5.70. The first-order chi connectivity index (χ1) is 14.5. The van der Waals surface area contributed by atoms with Crippen molar-refractivity contribution in [2.75, 3.05) is 0 Å². The van der Waals surface area contributed by atoms with Crippen LogP contribution >= 0.6 is 11.3 Å². The molecule has 3 heterocycles. The Morgan fingerprint density at radius 2 is 1.93 bits per heavy atom. The normalized spacial score (nSPS) is 23.6. The first-order valence-electron chi connectivity index (χ1n) is 10.4. The van der Waals surface area contributed by atoms with Crippen molar-refractivity contribution in [2.24, 2.45) is 0 Å². The van der Waals surface area contributed by atoms with Gasteiger partial charge in [0, 0.05) is 31.6 Å². The highest BCUT2D eigenvalue weighted by Gasteiger charge is 2.40. The quantitative estimate of drug-likeness (QED) is 0.634. The molecule has 5 nitrogen and oxygen atoms in total. The van der Waals surface area contributed by atoms with Crippen LogP contribution in [0.15, 0.2) is 42.5 Å². The molecule has 0 saturated carbocycles. The molecule has 2 aromatic carbocycles. The van der Waals surface area contributed by atoms with Gasteiger partial charge >= 0.3 is 0 Å². The second kappa shape index (κ2) is 7.96. The van der Waals surface area contributed by atoms with Gasteiger partial charge in [0.15, 0.2) is 0 Å². The highest BCUT2D eigenvalue weighted by Crippen LogP contribution is 2.37. The van der Waals surface area contributed by atoms with Crippen LogP contribution in [0.2, 0.25) is 0 Å². The molecule has 1 N–H and O–H groups in total. The maximum Gasteiger partial charge on any atom is 0.279 e. The molecule has 2 saturated heterocycles. The Kier molecular flexibility index (Phi) is 5.16. The Bertz CT molecular complexity index is 1050. The zero-order valence-corrected chi connectivity index (χ0v) is 17.6. The summed E-state index contributed by atoms with van der Waals surface area (Å²) in [6, 6.07) is 14.4. The summed E-state index contributed by atoms with van der Waals surface area (Å²) in [7, 11) is 0. The first kappa shape index (κ1) is 19.5. The molecule has 2 bridgehead atoms. The zero-order chi connectivity index (χ0) is 20.7. The molecule has 1 aromatic heterocycles. The maximum atomic E-state index is 13.8. The Balaban J connectivity index is 1.23. The van der Waals surface area contributed by atoms with Gasteiger partial charge in [-0.1, -0.05) is 29.5 Å². The van der Waals surface area contributed by atoms with Crippen LogP contribution in [0, 0.1) is 5.82 Å². The van der Waals surface area contributed by atoms with E-state index < -0.39 is 0 Å². The molecule has 1 unspecified atom stereocenters. The van der Waals surface area contributed by atoms with Gasteiger partial charge in [0.25, 0.3) is 5.19 Å². The van der Waals surface area contributed by atoms with Crippen LogP contribution in [0.5, 0.6) is 10.9 Å². The smallest absolute Gasteiger partial charge is 0.279 e. The summed E-state index contributed by atoms with van der Waals surface area (Å²) in [5.74, 6) is 0.440. The summed E-state index contributed by atoms with van der Waals surface area (Å²) >= 11 is 1.34. The third-order valence-corrected chi connectivity index (χ3v) is 7.03. The fraction of sp³-hybridized carbons (Fsp3) is 0.391. The molecule has 0 radical (unpaired) electrons. The Labute approximate surface area is 178 Å². The number of carbonyl (C=O) groups excluding carboxylic acids is 1. The number of hydrogen-bond donors (Lipinski definition) is 1. The number of ether oxygens (including phenoxy) is 1. The van der Waals surface area contributed by atoms with E-state index in [1.807, 2.05) is 18.2 Å². The topological polar surface area (TPSA) is 54.5 Å². The van der Waals surface area contributed by atoms with Crippen molar-refractivity contribution in [3.05, 3.63) is 53.8 Å². The van der Waals surface area contributed by atoms with Gasteiger partial charge in [0.2, 0.25) is 5.91 Å². The number of fused-ring (bicyclic) bond motifs is 3. The number of amides is 1. The average Bonchev–Trinajstić information content (AvgIpc) is 3.21. The average molecular weight is 426 g/mol. The third-order valence-electron chi connectivity index (χ3n) is 6.14. The lowest BCUT2D eigenvalue weighted by Crippen LogP contribution is -2.49. The predicted molar refractivity (Wildman–Crippen MR) is 115 cm³/mol. The third kappa shape index (κ3) is 3.91. The number of nitrogens with one attached hydrogen (secondary N) is 1. The van der Waals surface area contributed by atoms with Crippen LogP contribution in [0.1, 0.15) is 38.2 Å². The van der Waals surface area contributed by atoms with Gasteiger partial charge in [0.1, 0.15) is 17.1 Å². The van der Waals surface area contributed by atoms with E-state index in [2.05, 4.69) is 27.3 Å². The summed E-state index contributed by atoms with van der Waals surface area (Å²) in [6.45, 7) is 2.51. The minimum absolute atomic E-state index is 0.0688. The molecule has 3 atom stereocenters. The van der Waals surface area contributed by atoms with E-state index in [1.165, 1.54) is 35.8 Å². The predicted octanol–water partition coefficient (Wildman–Crippen LogP) is 4.86. The lowest BCUT2D eigenvalue weighted by Gasteiger charge is -2.39. The molecule has 30 heavy (non-hydrogen) atoms. The maximum absolute atomic E-state index is 13.8. The minimum atomic E-state index is -0.328. The molecule has 3 aromatic rings. The van der Waals surface area contributed by atoms with Crippen LogP contribution in [0.4, 0.5) is 4.39 Å². The van der Waals surface area contributed by atoms with Gasteiger partial charge in [-0.2, -0.15) is 4.98 Å². The summed E-state index contributed by atoms with van der Waals surface area (Å²) in [5.41, 5.74) is 1.60. The van der Waals surface area contributed by atoms with Crippen LogP contribution in [0.25, 0.3) is 10.2 Å². The fourth-order valence-electron chi connectivity index (χ4n) is 4.85. The standard InChI is InChI=1S/C23H24FN3O2S/c1-14(28)25-16-11-17-7-8-18(12-16)27(17)13-15-5-9-19(10-6-15)29-23-26-22-20(24)3-2-4-21(22)30-23/h2-6,9-10,16-18H,7-8,11-13H2,1H3,(H,25,28)/t16?,17-,18+. The largest absolute Gasteiger partial charge is 0.431 e.